The van der Waals surface area contributed by atoms with Crippen LogP contribution in [0.3, 0.4) is 0 Å². The van der Waals surface area contributed by atoms with E-state index in [4.69, 9.17) is 10.2 Å². The van der Waals surface area contributed by atoms with E-state index in [9.17, 15) is 9.59 Å². The number of piperidine rings is 2. The van der Waals surface area contributed by atoms with Crippen LogP contribution in [0.2, 0.25) is 0 Å². The number of carboxylic acid groups (broad SMARTS) is 2. The van der Waals surface area contributed by atoms with Crippen molar-refractivity contribution in [3.05, 3.63) is 0 Å². The van der Waals surface area contributed by atoms with Gasteiger partial charge in [0.15, 0.2) is 0 Å². The van der Waals surface area contributed by atoms with Gasteiger partial charge in [0.25, 0.3) is 0 Å². The van der Waals surface area contributed by atoms with Gasteiger partial charge in [-0.2, -0.15) is 0 Å². The molecule has 2 fully saturated rings. The lowest BCUT2D eigenvalue weighted by molar-refractivity contribution is -0.143. The minimum Gasteiger partial charge on any atom is -0.481 e. The molecule has 0 aromatic heterocycles. The zero-order valence-electron chi connectivity index (χ0n) is 12.2. The van der Waals surface area contributed by atoms with E-state index < -0.39 is 11.9 Å². The quantitative estimate of drug-likeness (QED) is 0.627. The fourth-order valence-electron chi connectivity index (χ4n) is 1.82. The predicted molar refractivity (Wildman–Crippen MR) is 77.9 cm³/mol. The molecule has 118 valence electrons. The molecule has 6 nitrogen and oxygen atoms in total. The van der Waals surface area contributed by atoms with E-state index in [0.717, 1.165) is 0 Å². The summed E-state index contributed by atoms with van der Waals surface area (Å²) in [6, 6.07) is 0. The van der Waals surface area contributed by atoms with Crippen molar-refractivity contribution in [2.45, 2.75) is 51.4 Å². The van der Waals surface area contributed by atoms with Crippen LogP contribution in [0.1, 0.15) is 51.4 Å². The zero-order valence-corrected chi connectivity index (χ0v) is 12.2. The Morgan fingerprint density at radius 3 is 1.05 bits per heavy atom. The summed E-state index contributed by atoms with van der Waals surface area (Å²) in [6.45, 7) is 5.00. The van der Waals surface area contributed by atoms with Gasteiger partial charge in [-0.05, 0) is 51.9 Å². The molecule has 0 radical (unpaired) electrons. The van der Waals surface area contributed by atoms with Crippen LogP contribution in [0, 0.1) is 0 Å². The number of hydrogen-bond donors (Lipinski definition) is 4. The van der Waals surface area contributed by atoms with Gasteiger partial charge in [0, 0.05) is 0 Å². The first-order valence-corrected chi connectivity index (χ1v) is 7.48. The highest BCUT2D eigenvalue weighted by molar-refractivity contribution is 5.75. The van der Waals surface area contributed by atoms with Crippen LogP contribution in [0.5, 0.6) is 0 Å². The number of carboxylic acids is 2. The smallest absolute Gasteiger partial charge is 0.303 e. The van der Waals surface area contributed by atoms with Crippen LogP contribution in [0.15, 0.2) is 0 Å². The number of carbonyl (C=O) groups is 2. The van der Waals surface area contributed by atoms with Crippen molar-refractivity contribution in [2.75, 3.05) is 26.2 Å². The summed E-state index contributed by atoms with van der Waals surface area (Å²) in [6.07, 6.45) is 7.84. The third-order valence-corrected chi connectivity index (χ3v) is 2.97. The summed E-state index contributed by atoms with van der Waals surface area (Å²) in [7, 11) is 0. The number of nitrogens with one attached hydrogen (secondary N) is 2. The van der Waals surface area contributed by atoms with Crippen molar-refractivity contribution >= 4 is 11.9 Å². The zero-order chi connectivity index (χ0) is 15.1. The summed E-state index contributed by atoms with van der Waals surface area (Å²) < 4.78 is 0. The van der Waals surface area contributed by atoms with Crippen molar-refractivity contribution in [1.82, 2.24) is 10.6 Å². The first-order valence-electron chi connectivity index (χ1n) is 7.48. The van der Waals surface area contributed by atoms with E-state index in [-0.39, 0.29) is 12.8 Å². The SMILES string of the molecule is C1CCNCC1.C1CCNCC1.O=C(O)CCC(=O)O. The average Bonchev–Trinajstić information content (AvgIpc) is 2.50. The highest BCUT2D eigenvalue weighted by atomic mass is 16.4. The van der Waals surface area contributed by atoms with Crippen molar-refractivity contribution in [3.8, 4) is 0 Å². The standard InChI is InChI=1S/2C5H11N.C4H6O4/c2*1-2-4-6-5-3-1;5-3(6)1-2-4(7)8/h2*6H,1-5H2;1-2H2,(H,5,6)(H,7,8). The number of hydrogen-bond acceptors (Lipinski definition) is 4. The molecule has 0 aromatic rings. The molecule has 20 heavy (non-hydrogen) atoms. The van der Waals surface area contributed by atoms with E-state index in [1.54, 1.807) is 0 Å². The van der Waals surface area contributed by atoms with Gasteiger partial charge in [0.05, 0.1) is 12.8 Å². The Labute approximate surface area is 120 Å². The van der Waals surface area contributed by atoms with Gasteiger partial charge in [-0.15, -0.1) is 0 Å². The van der Waals surface area contributed by atoms with E-state index in [1.165, 1.54) is 64.7 Å². The van der Waals surface area contributed by atoms with E-state index in [2.05, 4.69) is 10.6 Å². The molecule has 0 aromatic carbocycles. The molecule has 2 saturated heterocycles. The number of rotatable bonds is 3. The second-order valence-electron chi connectivity index (χ2n) is 4.91. The minimum atomic E-state index is -1.08. The van der Waals surface area contributed by atoms with E-state index in [0.29, 0.717) is 0 Å². The first kappa shape index (κ1) is 18.9. The van der Waals surface area contributed by atoms with Crippen molar-refractivity contribution < 1.29 is 19.8 Å². The topological polar surface area (TPSA) is 98.7 Å². The molecular weight excluding hydrogens is 260 g/mol. The van der Waals surface area contributed by atoms with Crippen LogP contribution < -0.4 is 10.6 Å². The maximum Gasteiger partial charge on any atom is 0.303 e. The summed E-state index contributed by atoms with van der Waals surface area (Å²) in [5.74, 6) is -2.15. The van der Waals surface area contributed by atoms with Crippen molar-refractivity contribution in [3.63, 3.8) is 0 Å². The van der Waals surface area contributed by atoms with Crippen LogP contribution in [0.25, 0.3) is 0 Å². The molecule has 4 N–H and O–H groups in total. The van der Waals surface area contributed by atoms with Crippen LogP contribution >= 0.6 is 0 Å². The molecule has 2 aliphatic rings. The highest BCUT2D eigenvalue weighted by Crippen LogP contribution is 1.97. The van der Waals surface area contributed by atoms with Gasteiger partial charge in [-0.1, -0.05) is 12.8 Å². The van der Waals surface area contributed by atoms with Crippen LogP contribution in [-0.2, 0) is 9.59 Å². The van der Waals surface area contributed by atoms with E-state index >= 15 is 0 Å². The Balaban J connectivity index is 0.000000274. The minimum absolute atomic E-state index is 0.296. The second kappa shape index (κ2) is 14.3. The molecule has 0 saturated carbocycles. The largest absolute Gasteiger partial charge is 0.481 e. The normalized spacial score (nSPS) is 17.8. The third-order valence-electron chi connectivity index (χ3n) is 2.97. The van der Waals surface area contributed by atoms with Crippen molar-refractivity contribution in [2.24, 2.45) is 0 Å². The molecule has 0 bridgehead atoms. The highest BCUT2D eigenvalue weighted by Gasteiger charge is 2.00. The lowest BCUT2D eigenvalue weighted by Crippen LogP contribution is -2.21. The van der Waals surface area contributed by atoms with Gasteiger partial charge in [-0.3, -0.25) is 9.59 Å². The summed E-state index contributed by atoms with van der Waals surface area (Å²) in [5.41, 5.74) is 0. The molecule has 2 aliphatic heterocycles. The molecular formula is C14H28N2O4. The second-order valence-corrected chi connectivity index (χ2v) is 4.91. The van der Waals surface area contributed by atoms with Gasteiger partial charge in [0.2, 0.25) is 0 Å². The monoisotopic (exact) mass is 288 g/mol. The maximum atomic E-state index is 9.64. The van der Waals surface area contributed by atoms with Gasteiger partial charge in [0.1, 0.15) is 0 Å². The summed E-state index contributed by atoms with van der Waals surface area (Å²) in [4.78, 5) is 19.3. The molecule has 6 heteroatoms. The Kier molecular flexibility index (Phi) is 13.5. The van der Waals surface area contributed by atoms with Crippen LogP contribution in [-0.4, -0.2) is 48.3 Å². The Hall–Kier alpha value is -1.14. The molecule has 2 rings (SSSR count). The fourth-order valence-corrected chi connectivity index (χ4v) is 1.82. The molecule has 2 heterocycles. The van der Waals surface area contributed by atoms with Gasteiger partial charge < -0.3 is 20.8 Å². The summed E-state index contributed by atoms with van der Waals surface area (Å²) >= 11 is 0. The predicted octanol–water partition coefficient (Wildman–Crippen LogP) is 1.46. The molecule has 0 amide bonds. The third kappa shape index (κ3) is 16.9. The Morgan fingerprint density at radius 1 is 0.650 bits per heavy atom. The Bertz CT molecular complexity index is 203. The molecule has 0 atom stereocenters. The Morgan fingerprint density at radius 2 is 0.950 bits per heavy atom. The number of aliphatic carboxylic acids is 2. The van der Waals surface area contributed by atoms with Gasteiger partial charge in [-0.25, -0.2) is 0 Å². The maximum absolute atomic E-state index is 9.64. The lowest BCUT2D eigenvalue weighted by Gasteiger charge is -2.08. The first-order chi connectivity index (χ1) is 9.63. The fraction of sp³-hybridized carbons (Fsp3) is 0.857. The average molecular weight is 288 g/mol. The van der Waals surface area contributed by atoms with Crippen molar-refractivity contribution in [1.29, 1.82) is 0 Å². The molecule has 0 aliphatic carbocycles. The molecule has 0 spiro atoms. The lowest BCUT2D eigenvalue weighted by atomic mass is 10.2. The van der Waals surface area contributed by atoms with Gasteiger partial charge >= 0.3 is 11.9 Å². The van der Waals surface area contributed by atoms with E-state index in [1.807, 2.05) is 0 Å². The molecule has 0 unspecified atom stereocenters. The van der Waals surface area contributed by atoms with Crippen LogP contribution in [0.4, 0.5) is 0 Å². The summed E-state index contributed by atoms with van der Waals surface area (Å²) in [5, 5.41) is 22.4.